The number of nitrogens with one attached hydrogen (secondary N) is 2. The van der Waals surface area contributed by atoms with Gasteiger partial charge in [-0.25, -0.2) is 9.78 Å². The van der Waals surface area contributed by atoms with Gasteiger partial charge in [-0.1, -0.05) is 18.2 Å². The van der Waals surface area contributed by atoms with E-state index in [-0.39, 0.29) is 23.9 Å². The molecular weight excluding hydrogens is 508 g/mol. The van der Waals surface area contributed by atoms with E-state index in [4.69, 9.17) is 5.10 Å². The van der Waals surface area contributed by atoms with Crippen molar-refractivity contribution < 1.29 is 14.4 Å². The molecule has 0 saturated carbocycles. The fraction of sp³-hybridized carbons (Fsp3) is 0.414. The molecule has 0 aliphatic carbocycles. The summed E-state index contributed by atoms with van der Waals surface area (Å²) in [6, 6.07) is 11.1. The highest BCUT2D eigenvalue weighted by atomic mass is 16.2. The van der Waals surface area contributed by atoms with Gasteiger partial charge in [0, 0.05) is 83.4 Å². The minimum Gasteiger partial charge on any atom is -0.352 e. The summed E-state index contributed by atoms with van der Waals surface area (Å²) in [4.78, 5) is 47.0. The lowest BCUT2D eigenvalue weighted by Gasteiger charge is -2.29. The predicted octanol–water partition coefficient (Wildman–Crippen LogP) is 3.08. The van der Waals surface area contributed by atoms with Gasteiger partial charge < -0.3 is 25.3 Å². The van der Waals surface area contributed by atoms with Crippen LogP contribution in [0.2, 0.25) is 0 Å². The summed E-state index contributed by atoms with van der Waals surface area (Å²) in [6.45, 7) is 5.74. The smallest absolute Gasteiger partial charge is 0.321 e. The zero-order chi connectivity index (χ0) is 29.0. The van der Waals surface area contributed by atoms with Crippen molar-refractivity contribution in [1.29, 1.82) is 0 Å². The van der Waals surface area contributed by atoms with Crippen LogP contribution >= 0.6 is 0 Å². The van der Waals surface area contributed by atoms with Gasteiger partial charge in [-0.3, -0.25) is 14.3 Å². The molecule has 3 heterocycles. The number of amides is 4. The molecule has 0 unspecified atom stereocenters. The number of fused-ring (bicyclic) bond motifs is 1. The van der Waals surface area contributed by atoms with Crippen molar-refractivity contribution in [3.8, 4) is 0 Å². The van der Waals surface area contributed by atoms with Crippen LogP contribution in [0.5, 0.6) is 0 Å². The summed E-state index contributed by atoms with van der Waals surface area (Å²) < 4.78 is 1.95. The first-order valence-corrected chi connectivity index (χ1v) is 13.4. The second kappa shape index (κ2) is 12.2. The van der Waals surface area contributed by atoms with Gasteiger partial charge in [-0.05, 0) is 43.2 Å². The van der Waals surface area contributed by atoms with Crippen LogP contribution in [0, 0.1) is 0 Å². The van der Waals surface area contributed by atoms with E-state index < -0.39 is 0 Å². The number of hydrogen-bond acceptors (Lipinski definition) is 6. The van der Waals surface area contributed by atoms with Gasteiger partial charge in [0.15, 0.2) is 5.69 Å². The molecule has 0 atom stereocenters. The lowest BCUT2D eigenvalue weighted by atomic mass is 10.0. The zero-order valence-corrected chi connectivity index (χ0v) is 24.1. The van der Waals surface area contributed by atoms with Crippen molar-refractivity contribution in [2.24, 2.45) is 0 Å². The number of likely N-dealkylation sites (N-methyl/N-ethyl adjacent to an activating group) is 1. The van der Waals surface area contributed by atoms with Crippen LogP contribution in [0.3, 0.4) is 0 Å². The number of urea groups is 1. The standard InChI is InChI=1S/C29H38N8O3/c1-19(2)37-24-13-14-36(25-12-9-21(17-30-25)15-26(38)34(3)4)18-23(24)27(33-37)28(39)31-16-20-7-10-22(11-8-20)32-29(40)35(5)6/h7-12,17,19H,13-16,18H2,1-6H3,(H,31,39)(H,32,40). The Hall–Kier alpha value is -4.41. The normalized spacial score (nSPS) is 12.6. The maximum Gasteiger partial charge on any atom is 0.321 e. The van der Waals surface area contributed by atoms with Crippen LogP contribution in [-0.2, 0) is 30.7 Å². The molecule has 0 saturated heterocycles. The second-order valence-electron chi connectivity index (χ2n) is 10.7. The Bertz CT molecular complexity index is 1360. The van der Waals surface area contributed by atoms with E-state index in [2.05, 4.69) is 34.4 Å². The summed E-state index contributed by atoms with van der Waals surface area (Å²) in [7, 11) is 6.84. The second-order valence-corrected chi connectivity index (χ2v) is 10.7. The highest BCUT2D eigenvalue weighted by molar-refractivity contribution is 5.94. The van der Waals surface area contributed by atoms with Gasteiger partial charge in [0.1, 0.15) is 5.82 Å². The van der Waals surface area contributed by atoms with E-state index in [1.807, 2.05) is 41.1 Å². The minimum atomic E-state index is -0.229. The third kappa shape index (κ3) is 6.59. The molecule has 1 aromatic carbocycles. The van der Waals surface area contributed by atoms with Gasteiger partial charge in [-0.15, -0.1) is 0 Å². The summed E-state index contributed by atoms with van der Waals surface area (Å²) >= 11 is 0. The Morgan fingerprint density at radius 1 is 0.975 bits per heavy atom. The number of aromatic nitrogens is 3. The SMILES string of the molecule is CC(C)n1nc(C(=O)NCc2ccc(NC(=O)N(C)C)cc2)c2c1CCN(c1ccc(CC(=O)N(C)C)cn1)C2. The number of rotatable bonds is 8. The van der Waals surface area contributed by atoms with Crippen molar-refractivity contribution in [2.75, 3.05) is 45.0 Å². The summed E-state index contributed by atoms with van der Waals surface area (Å²) in [5.41, 5.74) is 4.87. The fourth-order valence-electron chi connectivity index (χ4n) is 4.50. The number of carbonyl (C=O) groups is 3. The summed E-state index contributed by atoms with van der Waals surface area (Å²) in [5.74, 6) is 0.603. The van der Waals surface area contributed by atoms with E-state index in [0.717, 1.165) is 41.2 Å². The Kier molecular flexibility index (Phi) is 8.71. The van der Waals surface area contributed by atoms with E-state index in [1.165, 1.54) is 4.90 Å². The van der Waals surface area contributed by atoms with Crippen LogP contribution in [-0.4, -0.2) is 77.1 Å². The van der Waals surface area contributed by atoms with Crippen LogP contribution in [0.25, 0.3) is 0 Å². The van der Waals surface area contributed by atoms with E-state index >= 15 is 0 Å². The molecule has 212 valence electrons. The summed E-state index contributed by atoms with van der Waals surface area (Å²) in [6.07, 6.45) is 2.80. The molecule has 0 radical (unpaired) electrons. The molecule has 3 aromatic rings. The maximum atomic E-state index is 13.3. The lowest BCUT2D eigenvalue weighted by Crippen LogP contribution is -2.33. The van der Waals surface area contributed by atoms with Crippen LogP contribution in [0.15, 0.2) is 42.6 Å². The fourth-order valence-corrected chi connectivity index (χ4v) is 4.50. The molecule has 1 aliphatic rings. The average Bonchev–Trinajstić information content (AvgIpc) is 3.32. The molecule has 0 bridgehead atoms. The highest BCUT2D eigenvalue weighted by Gasteiger charge is 2.29. The molecule has 0 spiro atoms. The summed E-state index contributed by atoms with van der Waals surface area (Å²) in [5, 5.41) is 10.5. The highest BCUT2D eigenvalue weighted by Crippen LogP contribution is 2.28. The van der Waals surface area contributed by atoms with Gasteiger partial charge in [-0.2, -0.15) is 5.10 Å². The molecule has 1 aliphatic heterocycles. The molecule has 4 rings (SSSR count). The van der Waals surface area contributed by atoms with E-state index in [1.54, 1.807) is 39.3 Å². The van der Waals surface area contributed by atoms with Gasteiger partial charge in [0.05, 0.1) is 6.42 Å². The lowest BCUT2D eigenvalue weighted by molar-refractivity contribution is -0.127. The first-order chi connectivity index (χ1) is 19.0. The van der Waals surface area contributed by atoms with Gasteiger partial charge in [0.25, 0.3) is 5.91 Å². The molecule has 11 nitrogen and oxygen atoms in total. The predicted molar refractivity (Wildman–Crippen MR) is 154 cm³/mol. The Morgan fingerprint density at radius 3 is 2.27 bits per heavy atom. The Labute approximate surface area is 235 Å². The van der Waals surface area contributed by atoms with Crippen molar-refractivity contribution in [3.05, 3.63) is 70.7 Å². The number of pyridine rings is 1. The van der Waals surface area contributed by atoms with Crippen molar-refractivity contribution in [3.63, 3.8) is 0 Å². The van der Waals surface area contributed by atoms with Crippen molar-refractivity contribution in [2.45, 2.75) is 45.8 Å². The molecule has 11 heteroatoms. The third-order valence-electron chi connectivity index (χ3n) is 6.84. The third-order valence-corrected chi connectivity index (χ3v) is 6.84. The molecule has 2 aromatic heterocycles. The van der Waals surface area contributed by atoms with Gasteiger partial charge in [0.2, 0.25) is 5.91 Å². The number of benzene rings is 1. The van der Waals surface area contributed by atoms with Crippen molar-refractivity contribution >= 4 is 29.4 Å². The van der Waals surface area contributed by atoms with Crippen LogP contribution in [0.1, 0.15) is 52.8 Å². The van der Waals surface area contributed by atoms with Crippen LogP contribution < -0.4 is 15.5 Å². The number of nitrogens with zero attached hydrogens (tertiary/aromatic N) is 6. The first-order valence-electron chi connectivity index (χ1n) is 13.4. The number of carbonyl (C=O) groups excluding carboxylic acids is 3. The monoisotopic (exact) mass is 546 g/mol. The number of anilines is 2. The van der Waals surface area contributed by atoms with Crippen LogP contribution in [0.4, 0.5) is 16.3 Å². The molecule has 40 heavy (non-hydrogen) atoms. The Morgan fingerprint density at radius 2 is 1.68 bits per heavy atom. The quantitative estimate of drug-likeness (QED) is 0.449. The maximum absolute atomic E-state index is 13.3. The van der Waals surface area contributed by atoms with Crippen molar-refractivity contribution in [1.82, 2.24) is 29.9 Å². The van der Waals surface area contributed by atoms with E-state index in [0.29, 0.717) is 30.9 Å². The first kappa shape index (κ1) is 28.6. The topological polar surface area (TPSA) is 116 Å². The Balaban J connectivity index is 1.46. The van der Waals surface area contributed by atoms with Gasteiger partial charge >= 0.3 is 6.03 Å². The minimum absolute atomic E-state index is 0.0287. The molecule has 2 N–H and O–H groups in total. The molecule has 0 fully saturated rings. The zero-order valence-electron chi connectivity index (χ0n) is 24.1. The number of hydrogen-bond donors (Lipinski definition) is 2. The largest absolute Gasteiger partial charge is 0.352 e. The average molecular weight is 547 g/mol. The van der Waals surface area contributed by atoms with E-state index in [9.17, 15) is 14.4 Å². The molecular formula is C29H38N8O3. The molecule has 4 amide bonds.